The van der Waals surface area contributed by atoms with Crippen LogP contribution in [0.25, 0.3) is 21.3 Å². The minimum absolute atomic E-state index is 0.0151. The monoisotopic (exact) mass is 525 g/mol. The number of pyridine rings is 1. The Morgan fingerprint density at radius 3 is 2.49 bits per heavy atom. The molecule has 0 spiro atoms. The van der Waals surface area contributed by atoms with Crippen LogP contribution < -0.4 is 11.1 Å². The van der Waals surface area contributed by atoms with Crippen molar-refractivity contribution in [3.63, 3.8) is 0 Å². The van der Waals surface area contributed by atoms with E-state index < -0.39 is 29.7 Å². The summed E-state index contributed by atoms with van der Waals surface area (Å²) in [4.78, 5) is 29.0. The first-order valence-electron chi connectivity index (χ1n) is 10.3. The van der Waals surface area contributed by atoms with Crippen molar-refractivity contribution in [1.29, 1.82) is 0 Å². The molecule has 4 rings (SSSR count). The maximum Gasteiger partial charge on any atom is 0.433 e. The Hall–Kier alpha value is -3.45. The summed E-state index contributed by atoms with van der Waals surface area (Å²) in [6, 6.07) is 0.0773. The molecule has 0 aromatic carbocycles. The fraction of sp³-hybridized carbons (Fsp3) is 0.286. The lowest BCUT2D eigenvalue weighted by molar-refractivity contribution is -0.140. The van der Waals surface area contributed by atoms with Crippen LogP contribution in [0.15, 0.2) is 24.7 Å². The number of fused-ring (bicyclic) bond motifs is 1. The lowest BCUT2D eigenvalue weighted by Gasteiger charge is -2.17. The molecule has 4 heterocycles. The molecule has 0 aliphatic rings. The molecule has 2 amide bonds. The number of aryl methyl sites for hydroxylation is 1. The molecule has 0 bridgehead atoms. The second-order valence-corrected chi connectivity index (χ2v) is 9.16. The molecule has 4 aromatic rings. The number of primary amides is 1. The van der Waals surface area contributed by atoms with Crippen molar-refractivity contribution in [2.45, 2.75) is 32.5 Å². The van der Waals surface area contributed by atoms with Gasteiger partial charge in [-0.25, -0.2) is 4.98 Å². The average Bonchev–Trinajstić information content (AvgIpc) is 3.46. The highest BCUT2D eigenvalue weighted by atomic mass is 35.5. The molecule has 3 N–H and O–H groups in total. The topological polar surface area (TPSA) is 121 Å². The summed E-state index contributed by atoms with van der Waals surface area (Å²) in [5, 5.41) is 11.4. The van der Waals surface area contributed by atoms with Crippen LogP contribution >= 0.6 is 22.9 Å². The minimum Gasteiger partial charge on any atom is -0.365 e. The molecule has 0 fully saturated rings. The minimum atomic E-state index is -4.74. The smallest absolute Gasteiger partial charge is 0.365 e. The lowest BCUT2D eigenvalue weighted by atomic mass is 10.0. The SMILES string of the molecule is CCC(C(=O)Nc1c(C(N)=O)sc2nc(C(F)(F)F)cc(-c3cnn(C)c3C)c12)n1cc(Cl)cn1. The molecule has 35 heavy (non-hydrogen) atoms. The van der Waals surface area contributed by atoms with Crippen LogP contribution in [0.1, 0.15) is 40.4 Å². The van der Waals surface area contributed by atoms with Crippen LogP contribution in [0.3, 0.4) is 0 Å². The summed E-state index contributed by atoms with van der Waals surface area (Å²) in [5.41, 5.74) is 5.46. The molecule has 1 unspecified atom stereocenters. The summed E-state index contributed by atoms with van der Waals surface area (Å²) in [6.45, 7) is 3.44. The molecule has 0 aliphatic heterocycles. The van der Waals surface area contributed by atoms with E-state index in [2.05, 4.69) is 20.5 Å². The maximum atomic E-state index is 13.7. The lowest BCUT2D eigenvalue weighted by Crippen LogP contribution is -2.27. The summed E-state index contributed by atoms with van der Waals surface area (Å²) in [6.07, 6.45) is -0.164. The van der Waals surface area contributed by atoms with E-state index in [4.69, 9.17) is 17.3 Å². The second kappa shape index (κ2) is 8.96. The van der Waals surface area contributed by atoms with Gasteiger partial charge >= 0.3 is 6.18 Å². The predicted molar refractivity (Wildman–Crippen MR) is 125 cm³/mol. The van der Waals surface area contributed by atoms with Gasteiger partial charge in [0.1, 0.15) is 21.4 Å². The number of carbonyl (C=O) groups excluding carboxylic acids is 2. The quantitative estimate of drug-likeness (QED) is 0.382. The van der Waals surface area contributed by atoms with Crippen molar-refractivity contribution in [2.24, 2.45) is 12.8 Å². The van der Waals surface area contributed by atoms with Crippen molar-refractivity contribution in [3.8, 4) is 11.1 Å². The zero-order chi connectivity index (χ0) is 25.7. The van der Waals surface area contributed by atoms with Gasteiger partial charge in [0.05, 0.1) is 23.1 Å². The van der Waals surface area contributed by atoms with Gasteiger partial charge in [0.25, 0.3) is 5.91 Å². The molecule has 0 saturated carbocycles. The number of nitrogens with one attached hydrogen (secondary N) is 1. The number of anilines is 1. The highest BCUT2D eigenvalue weighted by Crippen LogP contribution is 2.44. The van der Waals surface area contributed by atoms with E-state index >= 15 is 0 Å². The van der Waals surface area contributed by atoms with Gasteiger partial charge in [-0.15, -0.1) is 11.3 Å². The molecule has 9 nitrogen and oxygen atoms in total. The third-order valence-corrected chi connectivity index (χ3v) is 6.82. The van der Waals surface area contributed by atoms with Gasteiger partial charge in [0.2, 0.25) is 5.91 Å². The number of nitrogens with two attached hydrogens (primary N) is 1. The van der Waals surface area contributed by atoms with E-state index in [9.17, 15) is 22.8 Å². The number of carbonyl (C=O) groups is 2. The molecular formula is C21H19ClF3N7O2S. The van der Waals surface area contributed by atoms with Gasteiger partial charge in [-0.1, -0.05) is 18.5 Å². The van der Waals surface area contributed by atoms with E-state index in [0.29, 0.717) is 34.0 Å². The second-order valence-electron chi connectivity index (χ2n) is 7.72. The van der Waals surface area contributed by atoms with Gasteiger partial charge in [-0.2, -0.15) is 23.4 Å². The van der Waals surface area contributed by atoms with Crippen molar-refractivity contribution < 1.29 is 22.8 Å². The molecule has 0 aliphatic carbocycles. The van der Waals surface area contributed by atoms with Crippen molar-refractivity contribution >= 4 is 50.7 Å². The molecular weight excluding hydrogens is 507 g/mol. The molecule has 0 radical (unpaired) electrons. The standard InChI is InChI=1S/C21H19ClF3N7O2S/c1-4-13(32-8-10(22)6-28-32)19(34)30-16-15-11(12-7-27-31(3)9(12)2)5-14(21(23,24)25)29-20(15)35-17(16)18(26)33/h5-8,13H,4H2,1-3H3,(H2,26,33)(H,30,34). The van der Waals surface area contributed by atoms with Crippen LogP contribution in [0.5, 0.6) is 0 Å². The van der Waals surface area contributed by atoms with Gasteiger partial charge in [0, 0.05) is 29.9 Å². The summed E-state index contributed by atoms with van der Waals surface area (Å²) < 4.78 is 43.9. The summed E-state index contributed by atoms with van der Waals surface area (Å²) >= 11 is 6.60. The van der Waals surface area contributed by atoms with Crippen LogP contribution in [0.4, 0.5) is 18.9 Å². The fourth-order valence-corrected chi connectivity index (χ4v) is 4.85. The largest absolute Gasteiger partial charge is 0.433 e. The van der Waals surface area contributed by atoms with Gasteiger partial charge in [0.15, 0.2) is 0 Å². The average molecular weight is 526 g/mol. The Morgan fingerprint density at radius 2 is 1.97 bits per heavy atom. The van der Waals surface area contributed by atoms with Gasteiger partial charge in [-0.3, -0.25) is 19.0 Å². The van der Waals surface area contributed by atoms with Crippen molar-refractivity contribution in [3.05, 3.63) is 45.9 Å². The van der Waals surface area contributed by atoms with E-state index in [1.54, 1.807) is 20.9 Å². The van der Waals surface area contributed by atoms with Crippen molar-refractivity contribution in [2.75, 3.05) is 5.32 Å². The predicted octanol–water partition coefficient (Wildman–Crippen LogP) is 4.56. The van der Waals surface area contributed by atoms with Gasteiger partial charge < -0.3 is 11.1 Å². The zero-order valence-electron chi connectivity index (χ0n) is 18.6. The first-order valence-corrected chi connectivity index (χ1v) is 11.5. The molecule has 4 aromatic heterocycles. The van der Waals surface area contributed by atoms with Crippen LogP contribution in [0, 0.1) is 6.92 Å². The Balaban J connectivity index is 1.95. The first kappa shape index (κ1) is 24.7. The Bertz CT molecular complexity index is 1460. The zero-order valence-corrected chi connectivity index (χ0v) is 20.2. The number of hydrogen-bond donors (Lipinski definition) is 2. The number of hydrogen-bond acceptors (Lipinski definition) is 6. The highest BCUT2D eigenvalue weighted by molar-refractivity contribution is 7.21. The normalized spacial score (nSPS) is 12.8. The van der Waals surface area contributed by atoms with Crippen LogP contribution in [-0.2, 0) is 18.0 Å². The molecule has 1 atom stereocenters. The Morgan fingerprint density at radius 1 is 1.26 bits per heavy atom. The van der Waals surface area contributed by atoms with Crippen LogP contribution in [0.2, 0.25) is 5.02 Å². The van der Waals surface area contributed by atoms with Gasteiger partial charge in [-0.05, 0) is 25.0 Å². The maximum absolute atomic E-state index is 13.7. The van der Waals surface area contributed by atoms with Crippen molar-refractivity contribution in [1.82, 2.24) is 24.5 Å². The number of halogens is 4. The number of nitrogens with zero attached hydrogens (tertiary/aromatic N) is 5. The molecule has 184 valence electrons. The highest BCUT2D eigenvalue weighted by Gasteiger charge is 2.36. The third-order valence-electron chi connectivity index (χ3n) is 5.53. The van der Waals surface area contributed by atoms with E-state index in [1.807, 2.05) is 0 Å². The first-order chi connectivity index (χ1) is 16.4. The van der Waals surface area contributed by atoms with Crippen LogP contribution in [-0.4, -0.2) is 36.4 Å². The van der Waals surface area contributed by atoms with E-state index in [1.165, 1.54) is 28.0 Å². The number of amides is 2. The Labute approximate surface area is 205 Å². The number of alkyl halides is 3. The third kappa shape index (κ3) is 4.48. The molecule has 14 heteroatoms. The number of aromatic nitrogens is 5. The number of thiophene rings is 1. The molecule has 0 saturated heterocycles. The Kier molecular flexibility index (Phi) is 6.32. The fourth-order valence-electron chi connectivity index (χ4n) is 3.70. The summed E-state index contributed by atoms with van der Waals surface area (Å²) in [7, 11) is 1.65. The number of rotatable bonds is 6. The van der Waals surface area contributed by atoms with E-state index in [-0.39, 0.29) is 26.3 Å². The van der Waals surface area contributed by atoms with E-state index in [0.717, 1.165) is 6.07 Å². The summed E-state index contributed by atoms with van der Waals surface area (Å²) in [5.74, 6) is -1.47.